The number of alkyl carbamates (subject to hydrolysis) is 1. The Bertz CT molecular complexity index is 426. The van der Waals surface area contributed by atoms with Gasteiger partial charge in [-0.15, -0.1) is 0 Å². The van der Waals surface area contributed by atoms with Gasteiger partial charge < -0.3 is 15.2 Å². The van der Waals surface area contributed by atoms with Crippen molar-refractivity contribution in [3.05, 3.63) is 35.6 Å². The van der Waals surface area contributed by atoms with Crippen LogP contribution in [0.15, 0.2) is 24.3 Å². The van der Waals surface area contributed by atoms with Gasteiger partial charge in [0.1, 0.15) is 11.4 Å². The van der Waals surface area contributed by atoms with Gasteiger partial charge in [-0.1, -0.05) is 12.1 Å². The molecule has 0 aliphatic rings. The molecule has 0 fully saturated rings. The van der Waals surface area contributed by atoms with Gasteiger partial charge in [-0.2, -0.15) is 0 Å². The maximum absolute atomic E-state index is 12.7. The molecule has 0 saturated carbocycles. The summed E-state index contributed by atoms with van der Waals surface area (Å²) >= 11 is 0. The number of benzene rings is 1. The van der Waals surface area contributed by atoms with Crippen molar-refractivity contribution < 1.29 is 19.0 Å². The zero-order valence-corrected chi connectivity index (χ0v) is 12.1. The van der Waals surface area contributed by atoms with E-state index in [0.717, 1.165) is 5.56 Å². The molecular formula is C15H22FNO3. The molecule has 1 aromatic rings. The summed E-state index contributed by atoms with van der Waals surface area (Å²) in [6, 6.07) is 6.15. The maximum Gasteiger partial charge on any atom is 0.407 e. The third-order valence-corrected chi connectivity index (χ3v) is 2.56. The number of carbonyl (C=O) groups excluding carboxylic acids is 1. The molecular weight excluding hydrogens is 261 g/mol. The summed E-state index contributed by atoms with van der Waals surface area (Å²) in [6.45, 7) is 5.46. The molecule has 0 bridgehead atoms. The molecule has 0 aliphatic carbocycles. The minimum atomic E-state index is -0.660. The quantitative estimate of drug-likeness (QED) is 0.873. The van der Waals surface area contributed by atoms with E-state index in [0.29, 0.717) is 12.8 Å². The SMILES string of the molecule is CC(C)(C)OC(=O)NCC(O)CCc1ccc(F)cc1. The van der Waals surface area contributed by atoms with Gasteiger partial charge in [0.2, 0.25) is 0 Å². The van der Waals surface area contributed by atoms with Crippen LogP contribution in [0.2, 0.25) is 0 Å². The predicted octanol–water partition coefficient (Wildman–Crippen LogP) is 2.64. The number of aliphatic hydroxyl groups is 1. The molecule has 0 aromatic heterocycles. The van der Waals surface area contributed by atoms with Gasteiger partial charge in [0, 0.05) is 6.54 Å². The molecule has 5 heteroatoms. The first kappa shape index (κ1) is 16.4. The zero-order chi connectivity index (χ0) is 15.2. The Morgan fingerprint density at radius 1 is 1.35 bits per heavy atom. The highest BCUT2D eigenvalue weighted by Crippen LogP contribution is 2.08. The highest BCUT2D eigenvalue weighted by Gasteiger charge is 2.16. The second kappa shape index (κ2) is 7.24. The molecule has 1 aromatic carbocycles. The van der Waals surface area contributed by atoms with Gasteiger partial charge in [0.05, 0.1) is 6.10 Å². The second-order valence-corrected chi connectivity index (χ2v) is 5.70. The first-order chi connectivity index (χ1) is 9.26. The zero-order valence-electron chi connectivity index (χ0n) is 12.1. The molecule has 20 heavy (non-hydrogen) atoms. The van der Waals surface area contributed by atoms with Crippen molar-refractivity contribution in [1.29, 1.82) is 0 Å². The number of hydrogen-bond acceptors (Lipinski definition) is 3. The molecule has 0 heterocycles. The molecule has 2 N–H and O–H groups in total. The fourth-order valence-electron chi connectivity index (χ4n) is 1.60. The van der Waals surface area contributed by atoms with Crippen molar-refractivity contribution in [3.8, 4) is 0 Å². The van der Waals surface area contributed by atoms with E-state index in [-0.39, 0.29) is 12.4 Å². The lowest BCUT2D eigenvalue weighted by Gasteiger charge is -2.20. The Labute approximate surface area is 119 Å². The van der Waals surface area contributed by atoms with E-state index in [2.05, 4.69) is 5.32 Å². The van der Waals surface area contributed by atoms with Gasteiger partial charge in [0.15, 0.2) is 0 Å². The summed E-state index contributed by atoms with van der Waals surface area (Å²) in [5.74, 6) is -0.277. The normalized spacial score (nSPS) is 12.8. The summed E-state index contributed by atoms with van der Waals surface area (Å²) in [5, 5.41) is 12.3. The molecule has 0 radical (unpaired) electrons. The molecule has 1 amide bonds. The smallest absolute Gasteiger partial charge is 0.407 e. The summed E-state index contributed by atoms with van der Waals surface area (Å²) in [6.07, 6.45) is -0.0929. The molecule has 0 saturated heterocycles. The standard InChI is InChI=1S/C15H22FNO3/c1-15(2,3)20-14(19)17-10-13(18)9-6-11-4-7-12(16)8-5-11/h4-5,7-8,13,18H,6,9-10H2,1-3H3,(H,17,19). The Morgan fingerprint density at radius 2 is 1.95 bits per heavy atom. The number of rotatable bonds is 5. The van der Waals surface area contributed by atoms with Crippen LogP contribution in [-0.2, 0) is 11.2 Å². The number of aliphatic hydroxyl groups excluding tert-OH is 1. The Kier molecular flexibility index (Phi) is 5.95. The van der Waals surface area contributed by atoms with Crippen LogP contribution < -0.4 is 5.32 Å². The van der Waals surface area contributed by atoms with E-state index >= 15 is 0 Å². The third kappa shape index (κ3) is 7.09. The van der Waals surface area contributed by atoms with E-state index in [1.165, 1.54) is 12.1 Å². The highest BCUT2D eigenvalue weighted by atomic mass is 19.1. The van der Waals surface area contributed by atoms with Gasteiger partial charge >= 0.3 is 6.09 Å². The number of halogens is 1. The van der Waals surface area contributed by atoms with Crippen LogP contribution in [0.4, 0.5) is 9.18 Å². The van der Waals surface area contributed by atoms with E-state index in [1.807, 2.05) is 0 Å². The Balaban J connectivity index is 2.25. The first-order valence-electron chi connectivity index (χ1n) is 6.65. The number of ether oxygens (including phenoxy) is 1. The van der Waals surface area contributed by atoms with Crippen LogP contribution in [0.3, 0.4) is 0 Å². The Morgan fingerprint density at radius 3 is 2.50 bits per heavy atom. The minimum absolute atomic E-state index is 0.135. The minimum Gasteiger partial charge on any atom is -0.444 e. The second-order valence-electron chi connectivity index (χ2n) is 5.70. The number of amides is 1. The number of aryl methyl sites for hydroxylation is 1. The lowest BCUT2D eigenvalue weighted by Crippen LogP contribution is -2.37. The number of nitrogens with one attached hydrogen (secondary N) is 1. The third-order valence-electron chi connectivity index (χ3n) is 2.56. The topological polar surface area (TPSA) is 58.6 Å². The van der Waals surface area contributed by atoms with Gasteiger partial charge in [-0.25, -0.2) is 9.18 Å². The number of carbonyl (C=O) groups is 1. The molecule has 0 spiro atoms. The lowest BCUT2D eigenvalue weighted by molar-refractivity contribution is 0.0488. The van der Waals surface area contributed by atoms with Gasteiger partial charge in [-0.05, 0) is 51.3 Å². The van der Waals surface area contributed by atoms with Crippen LogP contribution in [0.25, 0.3) is 0 Å². The summed E-state index contributed by atoms with van der Waals surface area (Å²) < 4.78 is 17.8. The fourth-order valence-corrected chi connectivity index (χ4v) is 1.60. The van der Waals surface area contributed by atoms with Crippen LogP contribution in [-0.4, -0.2) is 29.4 Å². The average Bonchev–Trinajstić information content (AvgIpc) is 2.33. The van der Waals surface area contributed by atoms with Crippen molar-refractivity contribution in [3.63, 3.8) is 0 Å². The summed E-state index contributed by atoms with van der Waals surface area (Å²) in [4.78, 5) is 11.4. The fraction of sp³-hybridized carbons (Fsp3) is 0.533. The van der Waals surface area contributed by atoms with Gasteiger partial charge in [0.25, 0.3) is 0 Å². The van der Waals surface area contributed by atoms with Crippen LogP contribution in [0, 0.1) is 5.82 Å². The van der Waals surface area contributed by atoms with Crippen LogP contribution in [0.1, 0.15) is 32.8 Å². The van der Waals surface area contributed by atoms with Gasteiger partial charge in [-0.3, -0.25) is 0 Å². The highest BCUT2D eigenvalue weighted by molar-refractivity contribution is 5.67. The average molecular weight is 283 g/mol. The number of hydrogen-bond donors (Lipinski definition) is 2. The molecule has 1 rings (SSSR count). The van der Waals surface area contributed by atoms with E-state index in [9.17, 15) is 14.3 Å². The van der Waals surface area contributed by atoms with E-state index < -0.39 is 17.8 Å². The predicted molar refractivity (Wildman–Crippen MR) is 75.0 cm³/mol. The largest absolute Gasteiger partial charge is 0.444 e. The van der Waals surface area contributed by atoms with E-state index in [4.69, 9.17) is 4.74 Å². The molecule has 1 atom stereocenters. The van der Waals surface area contributed by atoms with Crippen molar-refractivity contribution >= 4 is 6.09 Å². The lowest BCUT2D eigenvalue weighted by atomic mass is 10.1. The summed E-state index contributed by atoms with van der Waals surface area (Å²) in [7, 11) is 0. The molecule has 112 valence electrons. The van der Waals surface area contributed by atoms with Crippen molar-refractivity contribution in [2.75, 3.05) is 6.54 Å². The maximum atomic E-state index is 12.7. The van der Waals surface area contributed by atoms with E-state index in [1.54, 1.807) is 32.9 Å². The van der Waals surface area contributed by atoms with Crippen molar-refractivity contribution in [2.24, 2.45) is 0 Å². The monoisotopic (exact) mass is 283 g/mol. The van der Waals surface area contributed by atoms with Crippen LogP contribution >= 0.6 is 0 Å². The molecule has 4 nitrogen and oxygen atoms in total. The van der Waals surface area contributed by atoms with Crippen molar-refractivity contribution in [1.82, 2.24) is 5.32 Å². The molecule has 1 unspecified atom stereocenters. The van der Waals surface area contributed by atoms with Crippen molar-refractivity contribution in [2.45, 2.75) is 45.3 Å². The Hall–Kier alpha value is -1.62. The summed E-state index contributed by atoms with van der Waals surface area (Å²) in [5.41, 5.74) is 0.395. The molecule has 0 aliphatic heterocycles. The van der Waals surface area contributed by atoms with Crippen LogP contribution in [0.5, 0.6) is 0 Å². The first-order valence-corrected chi connectivity index (χ1v) is 6.65.